The third-order valence-electron chi connectivity index (χ3n) is 4.57. The van der Waals surface area contributed by atoms with Gasteiger partial charge in [-0.25, -0.2) is 9.59 Å². The maximum atomic E-state index is 11.6. The van der Waals surface area contributed by atoms with E-state index in [0.29, 0.717) is 22.6 Å². The first-order valence-corrected chi connectivity index (χ1v) is 9.61. The third kappa shape index (κ3) is 5.95. The third-order valence-corrected chi connectivity index (χ3v) is 4.57. The Labute approximate surface area is 184 Å². The average Bonchev–Trinajstić information content (AvgIpc) is 2.83. The van der Waals surface area contributed by atoms with Crippen LogP contribution in [0.1, 0.15) is 20.7 Å². The van der Waals surface area contributed by atoms with Crippen LogP contribution in [-0.4, -0.2) is 74.4 Å². The van der Waals surface area contributed by atoms with Crippen LogP contribution >= 0.6 is 0 Å². The Morgan fingerprint density at radius 1 is 0.812 bits per heavy atom. The summed E-state index contributed by atoms with van der Waals surface area (Å²) >= 11 is 0. The molecule has 2 aromatic rings. The van der Waals surface area contributed by atoms with E-state index >= 15 is 0 Å². The van der Waals surface area contributed by atoms with E-state index in [0.717, 1.165) is 0 Å². The number of esters is 2. The molecule has 0 spiro atoms. The van der Waals surface area contributed by atoms with E-state index in [4.69, 9.17) is 18.9 Å². The lowest BCUT2D eigenvalue weighted by Gasteiger charge is -2.40. The van der Waals surface area contributed by atoms with Crippen LogP contribution in [0.2, 0.25) is 0 Å². The molecule has 0 radical (unpaired) electrons. The van der Waals surface area contributed by atoms with E-state index in [1.54, 1.807) is 36.4 Å². The standard InChI is InChI=1S/C22H24O10/c1-27-19(23)15-5-3-7-17(9-15)29-11-21(25)13-32-22(26,14-31-21)12-30-18-8-4-6-16(10-18)20(24)28-2/h3-10,25-26H,11-14H2,1-2H3. The fraction of sp³-hybridized carbons (Fsp3) is 0.364. The van der Waals surface area contributed by atoms with Gasteiger partial charge in [0.05, 0.1) is 25.3 Å². The molecule has 10 heteroatoms. The topological polar surface area (TPSA) is 130 Å². The lowest BCUT2D eigenvalue weighted by atomic mass is 10.2. The van der Waals surface area contributed by atoms with Crippen LogP contribution in [0.4, 0.5) is 0 Å². The van der Waals surface area contributed by atoms with Crippen LogP contribution in [-0.2, 0) is 18.9 Å². The number of methoxy groups -OCH3 is 2. The zero-order chi connectivity index (χ0) is 23.2. The molecule has 0 bridgehead atoms. The normalized spacial score (nSPS) is 22.6. The SMILES string of the molecule is COC(=O)c1cccc(OCC2(O)COC(O)(COc3cccc(C(=O)OC)c3)CO2)c1. The van der Waals surface area contributed by atoms with Crippen molar-refractivity contribution >= 4 is 11.9 Å². The fourth-order valence-electron chi connectivity index (χ4n) is 2.80. The molecular weight excluding hydrogens is 424 g/mol. The van der Waals surface area contributed by atoms with Crippen molar-refractivity contribution in [2.45, 2.75) is 11.6 Å². The molecule has 2 aromatic carbocycles. The average molecular weight is 448 g/mol. The molecule has 1 saturated heterocycles. The van der Waals surface area contributed by atoms with Gasteiger partial charge in [-0.2, -0.15) is 0 Å². The number of hydrogen-bond donors (Lipinski definition) is 2. The van der Waals surface area contributed by atoms with E-state index in [1.807, 2.05) is 0 Å². The number of rotatable bonds is 8. The van der Waals surface area contributed by atoms with E-state index in [-0.39, 0.29) is 13.2 Å². The van der Waals surface area contributed by atoms with Crippen LogP contribution < -0.4 is 9.47 Å². The van der Waals surface area contributed by atoms with Gasteiger partial charge in [0.1, 0.15) is 37.9 Å². The molecule has 1 heterocycles. The highest BCUT2D eigenvalue weighted by Gasteiger charge is 2.44. The van der Waals surface area contributed by atoms with Crippen LogP contribution in [0.3, 0.4) is 0 Å². The summed E-state index contributed by atoms with van der Waals surface area (Å²) in [4.78, 5) is 23.2. The maximum Gasteiger partial charge on any atom is 0.337 e. The predicted octanol–water partition coefficient (Wildman–Crippen LogP) is 1.14. The first-order chi connectivity index (χ1) is 15.3. The van der Waals surface area contributed by atoms with Crippen molar-refractivity contribution in [3.8, 4) is 11.5 Å². The Morgan fingerprint density at radius 2 is 1.22 bits per heavy atom. The highest BCUT2D eigenvalue weighted by atomic mass is 16.7. The smallest absolute Gasteiger partial charge is 0.337 e. The number of ether oxygens (including phenoxy) is 6. The number of hydrogen-bond acceptors (Lipinski definition) is 10. The molecule has 0 saturated carbocycles. The van der Waals surface area contributed by atoms with Crippen molar-refractivity contribution in [3.63, 3.8) is 0 Å². The van der Waals surface area contributed by atoms with Crippen molar-refractivity contribution < 1.29 is 48.2 Å². The van der Waals surface area contributed by atoms with Crippen LogP contribution in [0.5, 0.6) is 11.5 Å². The quantitative estimate of drug-likeness (QED) is 0.567. The van der Waals surface area contributed by atoms with Crippen molar-refractivity contribution in [3.05, 3.63) is 59.7 Å². The van der Waals surface area contributed by atoms with Gasteiger partial charge in [-0.3, -0.25) is 0 Å². The van der Waals surface area contributed by atoms with Gasteiger partial charge in [0, 0.05) is 0 Å². The molecule has 1 aliphatic rings. The molecule has 0 aromatic heterocycles. The second kappa shape index (κ2) is 9.96. The minimum Gasteiger partial charge on any atom is -0.488 e. The van der Waals surface area contributed by atoms with Gasteiger partial charge in [-0.1, -0.05) is 12.1 Å². The van der Waals surface area contributed by atoms with Gasteiger partial charge in [0.15, 0.2) is 0 Å². The zero-order valence-electron chi connectivity index (χ0n) is 17.6. The molecule has 1 fully saturated rings. The Hall–Kier alpha value is -3.18. The summed E-state index contributed by atoms with van der Waals surface area (Å²) in [6.45, 7) is -1.41. The lowest BCUT2D eigenvalue weighted by Crippen LogP contribution is -2.58. The first-order valence-electron chi connectivity index (χ1n) is 9.61. The van der Waals surface area contributed by atoms with Crippen molar-refractivity contribution in [2.24, 2.45) is 0 Å². The summed E-state index contributed by atoms with van der Waals surface area (Å²) in [5, 5.41) is 21.1. The van der Waals surface area contributed by atoms with Crippen molar-refractivity contribution in [1.29, 1.82) is 0 Å². The highest BCUT2D eigenvalue weighted by molar-refractivity contribution is 5.90. The van der Waals surface area contributed by atoms with E-state index in [1.165, 1.54) is 26.4 Å². The summed E-state index contributed by atoms with van der Waals surface area (Å²) in [5.74, 6) is -4.04. The number of carbonyl (C=O) groups excluding carboxylic acids is 2. The van der Waals surface area contributed by atoms with Crippen LogP contribution in [0.15, 0.2) is 48.5 Å². The summed E-state index contributed by atoms with van der Waals surface area (Å²) in [7, 11) is 2.54. The monoisotopic (exact) mass is 448 g/mol. The van der Waals surface area contributed by atoms with Crippen molar-refractivity contribution in [2.75, 3.05) is 40.6 Å². The molecule has 172 valence electrons. The summed E-state index contributed by atoms with van der Waals surface area (Å²) in [6, 6.07) is 12.5. The van der Waals surface area contributed by atoms with Gasteiger partial charge in [0.25, 0.3) is 0 Å². The minimum absolute atomic E-state index is 0.292. The molecule has 0 amide bonds. The van der Waals surface area contributed by atoms with Crippen LogP contribution in [0, 0.1) is 0 Å². The molecule has 0 aliphatic carbocycles. The van der Waals surface area contributed by atoms with E-state index in [9.17, 15) is 19.8 Å². The molecule has 1 aliphatic heterocycles. The Morgan fingerprint density at radius 3 is 1.56 bits per heavy atom. The highest BCUT2D eigenvalue weighted by Crippen LogP contribution is 2.25. The number of aliphatic hydroxyl groups is 2. The second-order valence-corrected chi connectivity index (χ2v) is 7.09. The molecule has 2 N–H and O–H groups in total. The van der Waals surface area contributed by atoms with Gasteiger partial charge < -0.3 is 38.6 Å². The summed E-state index contributed by atoms with van der Waals surface area (Å²) in [5.41, 5.74) is 0.584. The molecule has 32 heavy (non-hydrogen) atoms. The lowest BCUT2D eigenvalue weighted by molar-refractivity contribution is -0.374. The fourth-order valence-corrected chi connectivity index (χ4v) is 2.80. The maximum absolute atomic E-state index is 11.6. The van der Waals surface area contributed by atoms with E-state index in [2.05, 4.69) is 9.47 Å². The molecule has 3 rings (SSSR count). The molecular formula is C22H24O10. The van der Waals surface area contributed by atoms with Gasteiger partial charge in [-0.15, -0.1) is 0 Å². The largest absolute Gasteiger partial charge is 0.488 e. The molecule has 2 unspecified atom stereocenters. The Kier molecular flexibility index (Phi) is 7.31. The second-order valence-electron chi connectivity index (χ2n) is 7.09. The summed E-state index contributed by atoms with van der Waals surface area (Å²) < 4.78 is 31.1. The predicted molar refractivity (Wildman–Crippen MR) is 108 cm³/mol. The molecule has 10 nitrogen and oxygen atoms in total. The van der Waals surface area contributed by atoms with E-state index < -0.39 is 36.7 Å². The number of carbonyl (C=O) groups is 2. The van der Waals surface area contributed by atoms with Gasteiger partial charge in [0.2, 0.25) is 11.6 Å². The van der Waals surface area contributed by atoms with Gasteiger partial charge >= 0.3 is 11.9 Å². The Balaban J connectivity index is 1.52. The Bertz CT molecular complexity index is 872. The van der Waals surface area contributed by atoms with Crippen molar-refractivity contribution in [1.82, 2.24) is 0 Å². The zero-order valence-corrected chi connectivity index (χ0v) is 17.6. The minimum atomic E-state index is -1.82. The van der Waals surface area contributed by atoms with Gasteiger partial charge in [-0.05, 0) is 36.4 Å². The first kappa shape index (κ1) is 23.5. The summed E-state index contributed by atoms with van der Waals surface area (Å²) in [6.07, 6.45) is 0. The molecule has 2 atom stereocenters. The van der Waals surface area contributed by atoms with Crippen LogP contribution in [0.25, 0.3) is 0 Å². The number of benzene rings is 2.